The minimum Gasteiger partial charge on any atom is -0.394 e. The molecular weight excluding hydrogens is 220 g/mol. The summed E-state index contributed by atoms with van der Waals surface area (Å²) in [6, 6.07) is -1.78. The molecule has 0 bridgehead atoms. The average Bonchev–Trinajstić information content (AvgIpc) is 2.28. The maximum Gasteiger partial charge on any atom is 0.315 e. The van der Waals surface area contributed by atoms with Crippen LogP contribution in [0, 0.1) is 0 Å². The standard InChI is InChI=1S/C8H16N2O6/c1-9-8(15)10-4-6(13)5(12)3(2-11)16-7(4)14/h3-7,11-14H,2H2,1H3,(H2,9,10,15)/t3-,4+,5+,6+,7-/m1/s1. The monoisotopic (exact) mass is 236 g/mol. The number of hydrogen-bond acceptors (Lipinski definition) is 6. The third-order valence-corrected chi connectivity index (χ3v) is 2.42. The molecule has 8 nitrogen and oxygen atoms in total. The molecule has 0 saturated carbocycles. The van der Waals surface area contributed by atoms with Crippen LogP contribution in [-0.4, -0.2) is 70.8 Å². The molecule has 0 radical (unpaired) electrons. The molecule has 0 aromatic carbocycles. The van der Waals surface area contributed by atoms with Crippen molar-refractivity contribution in [3.63, 3.8) is 0 Å². The highest BCUT2D eigenvalue weighted by atomic mass is 16.6. The summed E-state index contributed by atoms with van der Waals surface area (Å²) >= 11 is 0. The van der Waals surface area contributed by atoms with Gasteiger partial charge in [-0.1, -0.05) is 0 Å². The highest BCUT2D eigenvalue weighted by Crippen LogP contribution is 2.19. The van der Waals surface area contributed by atoms with Crippen LogP contribution in [0.1, 0.15) is 0 Å². The molecule has 1 rings (SSSR count). The first-order valence-electron chi connectivity index (χ1n) is 4.80. The Kier molecular flexibility index (Phi) is 4.44. The number of carbonyl (C=O) groups excluding carboxylic acids is 1. The average molecular weight is 236 g/mol. The Morgan fingerprint density at radius 1 is 1.31 bits per heavy atom. The fourth-order valence-electron chi connectivity index (χ4n) is 1.48. The summed E-state index contributed by atoms with van der Waals surface area (Å²) in [6.07, 6.45) is -5.37. The van der Waals surface area contributed by atoms with Crippen molar-refractivity contribution in [2.75, 3.05) is 13.7 Å². The smallest absolute Gasteiger partial charge is 0.315 e. The summed E-state index contributed by atoms with van der Waals surface area (Å²) in [6.45, 7) is -0.540. The minimum absolute atomic E-state index is 0.540. The van der Waals surface area contributed by atoms with E-state index in [1.807, 2.05) is 0 Å². The second-order valence-electron chi connectivity index (χ2n) is 3.48. The van der Waals surface area contributed by atoms with Crippen molar-refractivity contribution in [1.82, 2.24) is 10.6 Å². The zero-order valence-corrected chi connectivity index (χ0v) is 8.70. The highest BCUT2D eigenvalue weighted by Gasteiger charge is 2.44. The molecule has 2 amide bonds. The van der Waals surface area contributed by atoms with Gasteiger partial charge in [0.1, 0.15) is 24.4 Å². The van der Waals surface area contributed by atoms with Gasteiger partial charge in [0.2, 0.25) is 0 Å². The van der Waals surface area contributed by atoms with E-state index >= 15 is 0 Å². The predicted molar refractivity (Wildman–Crippen MR) is 51.4 cm³/mol. The van der Waals surface area contributed by atoms with E-state index in [0.29, 0.717) is 0 Å². The van der Waals surface area contributed by atoms with E-state index in [-0.39, 0.29) is 0 Å². The van der Waals surface area contributed by atoms with Crippen LogP contribution in [0.25, 0.3) is 0 Å². The van der Waals surface area contributed by atoms with Crippen LogP contribution in [0.15, 0.2) is 0 Å². The zero-order valence-electron chi connectivity index (χ0n) is 8.70. The second-order valence-corrected chi connectivity index (χ2v) is 3.48. The first kappa shape index (κ1) is 13.1. The van der Waals surface area contributed by atoms with Gasteiger partial charge in [0.25, 0.3) is 0 Å². The maximum atomic E-state index is 11.0. The van der Waals surface area contributed by atoms with Crippen LogP contribution >= 0.6 is 0 Å². The fourth-order valence-corrected chi connectivity index (χ4v) is 1.48. The van der Waals surface area contributed by atoms with Gasteiger partial charge in [-0.25, -0.2) is 4.79 Å². The Morgan fingerprint density at radius 3 is 2.44 bits per heavy atom. The molecule has 1 aliphatic rings. The lowest BCUT2D eigenvalue weighted by atomic mass is 9.97. The van der Waals surface area contributed by atoms with E-state index in [1.54, 1.807) is 0 Å². The van der Waals surface area contributed by atoms with Crippen LogP contribution in [0.5, 0.6) is 0 Å². The lowest BCUT2D eigenvalue weighted by Crippen LogP contribution is -2.64. The molecule has 16 heavy (non-hydrogen) atoms. The summed E-state index contributed by atoms with van der Waals surface area (Å²) in [7, 11) is 1.37. The van der Waals surface area contributed by atoms with E-state index in [4.69, 9.17) is 9.84 Å². The number of rotatable bonds is 2. The topological polar surface area (TPSA) is 131 Å². The second kappa shape index (κ2) is 5.41. The third-order valence-electron chi connectivity index (χ3n) is 2.42. The van der Waals surface area contributed by atoms with Gasteiger partial charge in [0.15, 0.2) is 6.29 Å². The Hall–Kier alpha value is -0.930. The van der Waals surface area contributed by atoms with E-state index in [9.17, 15) is 20.1 Å². The molecule has 0 spiro atoms. The van der Waals surface area contributed by atoms with Crippen molar-refractivity contribution in [2.24, 2.45) is 0 Å². The molecular formula is C8H16N2O6. The van der Waals surface area contributed by atoms with E-state index in [1.165, 1.54) is 7.05 Å². The fraction of sp³-hybridized carbons (Fsp3) is 0.875. The minimum atomic E-state index is -1.49. The first-order valence-corrected chi connectivity index (χ1v) is 4.80. The van der Waals surface area contributed by atoms with Crippen LogP contribution in [-0.2, 0) is 4.74 Å². The molecule has 0 aliphatic carbocycles. The third kappa shape index (κ3) is 2.60. The number of nitrogens with one attached hydrogen (secondary N) is 2. The van der Waals surface area contributed by atoms with Gasteiger partial charge in [0.05, 0.1) is 6.61 Å². The number of hydrogen-bond donors (Lipinski definition) is 6. The van der Waals surface area contributed by atoms with Crippen LogP contribution < -0.4 is 10.6 Å². The molecule has 1 heterocycles. The number of urea groups is 1. The number of carbonyl (C=O) groups is 1. The van der Waals surface area contributed by atoms with Gasteiger partial charge < -0.3 is 35.8 Å². The van der Waals surface area contributed by atoms with Gasteiger partial charge >= 0.3 is 6.03 Å². The van der Waals surface area contributed by atoms with Gasteiger partial charge in [-0.2, -0.15) is 0 Å². The number of amides is 2. The largest absolute Gasteiger partial charge is 0.394 e. The normalized spacial score (nSPS) is 39.2. The summed E-state index contributed by atoms with van der Waals surface area (Å²) in [5.74, 6) is 0. The van der Waals surface area contributed by atoms with Crippen molar-refractivity contribution < 1.29 is 30.0 Å². The van der Waals surface area contributed by atoms with Crippen molar-refractivity contribution >= 4 is 6.03 Å². The molecule has 0 unspecified atom stereocenters. The summed E-state index contributed by atoms with van der Waals surface area (Å²) in [4.78, 5) is 11.0. The number of ether oxygens (including phenoxy) is 1. The maximum absolute atomic E-state index is 11.0. The van der Waals surface area contributed by atoms with Crippen molar-refractivity contribution in [2.45, 2.75) is 30.6 Å². The van der Waals surface area contributed by atoms with Gasteiger partial charge in [-0.3, -0.25) is 0 Å². The zero-order chi connectivity index (χ0) is 12.3. The van der Waals surface area contributed by atoms with Crippen molar-refractivity contribution in [3.8, 4) is 0 Å². The Morgan fingerprint density at radius 2 is 1.94 bits per heavy atom. The lowest BCUT2D eigenvalue weighted by molar-refractivity contribution is -0.252. The number of aliphatic hydroxyl groups excluding tert-OH is 4. The van der Waals surface area contributed by atoms with Crippen molar-refractivity contribution in [3.05, 3.63) is 0 Å². The molecule has 8 heteroatoms. The van der Waals surface area contributed by atoms with Crippen LogP contribution in [0.4, 0.5) is 4.79 Å². The van der Waals surface area contributed by atoms with Crippen LogP contribution in [0.2, 0.25) is 0 Å². The molecule has 6 N–H and O–H groups in total. The van der Waals surface area contributed by atoms with E-state index in [0.717, 1.165) is 0 Å². The summed E-state index contributed by atoms with van der Waals surface area (Å²) in [5.41, 5.74) is 0. The molecule has 1 aliphatic heterocycles. The molecule has 0 aromatic heterocycles. The molecule has 94 valence electrons. The van der Waals surface area contributed by atoms with Gasteiger partial charge in [-0.05, 0) is 0 Å². The molecule has 1 fully saturated rings. The lowest BCUT2D eigenvalue weighted by Gasteiger charge is -2.40. The van der Waals surface area contributed by atoms with Gasteiger partial charge in [-0.15, -0.1) is 0 Å². The van der Waals surface area contributed by atoms with Gasteiger partial charge in [0, 0.05) is 7.05 Å². The molecule has 5 atom stereocenters. The summed E-state index contributed by atoms with van der Waals surface area (Å²) < 4.78 is 4.83. The molecule has 0 aromatic rings. The quantitative estimate of drug-likeness (QED) is 0.298. The number of aliphatic hydroxyl groups is 4. The predicted octanol–water partition coefficient (Wildman–Crippen LogP) is -3.28. The van der Waals surface area contributed by atoms with E-state index < -0.39 is 43.3 Å². The molecule has 1 saturated heterocycles. The van der Waals surface area contributed by atoms with Crippen molar-refractivity contribution in [1.29, 1.82) is 0 Å². The highest BCUT2D eigenvalue weighted by molar-refractivity contribution is 5.73. The van der Waals surface area contributed by atoms with E-state index in [2.05, 4.69) is 10.6 Å². The first-order chi connectivity index (χ1) is 7.51. The Balaban J connectivity index is 2.67. The SMILES string of the molecule is CNC(=O)N[C@H]1[C@H](O)[C@@H](O)[C@@H](CO)O[C@H]1O. The summed E-state index contributed by atoms with van der Waals surface area (Å²) in [5, 5.41) is 41.8. The van der Waals surface area contributed by atoms with Crippen LogP contribution in [0.3, 0.4) is 0 Å². The Bertz CT molecular complexity index is 251. The Labute approximate surface area is 91.8 Å².